The minimum Gasteiger partial charge on any atom is -0.396 e. The summed E-state index contributed by atoms with van der Waals surface area (Å²) in [4.78, 5) is 0. The number of rotatable bonds is 2. The molecule has 0 amide bonds. The first-order valence-corrected chi connectivity index (χ1v) is 6.10. The number of fused-ring (bicyclic) bond motifs is 2. The molecule has 2 nitrogen and oxygen atoms in total. The highest BCUT2D eigenvalue weighted by atomic mass is 16.5. The first kappa shape index (κ1) is 11.9. The molecule has 0 saturated carbocycles. The molecule has 0 aromatic carbocycles. The smallest absolute Gasteiger partial charge is 0.0821 e. The van der Waals surface area contributed by atoms with Crippen LogP contribution in [0.25, 0.3) is 0 Å². The lowest BCUT2D eigenvalue weighted by atomic mass is 9.56. The SMILES string of the molecule is C=C[C@@H]1OC[C@@]2(CO)[C@H](C)C=C(C)[C@H]1[C@@H]2C. The van der Waals surface area contributed by atoms with E-state index >= 15 is 0 Å². The van der Waals surface area contributed by atoms with E-state index < -0.39 is 0 Å². The van der Waals surface area contributed by atoms with E-state index in [1.807, 2.05) is 6.08 Å². The maximum atomic E-state index is 9.74. The molecule has 1 saturated heterocycles. The summed E-state index contributed by atoms with van der Waals surface area (Å²) in [5.41, 5.74) is 1.29. The third-order valence-electron chi connectivity index (χ3n) is 4.82. The third kappa shape index (κ3) is 1.40. The highest BCUT2D eigenvalue weighted by molar-refractivity contribution is 5.22. The van der Waals surface area contributed by atoms with Crippen molar-refractivity contribution < 1.29 is 9.84 Å². The molecule has 2 heteroatoms. The molecule has 1 N–H and O–H groups in total. The van der Waals surface area contributed by atoms with Gasteiger partial charge in [0, 0.05) is 11.3 Å². The molecule has 0 aromatic heterocycles. The Balaban J connectivity index is 2.44. The van der Waals surface area contributed by atoms with Crippen molar-refractivity contribution in [2.75, 3.05) is 13.2 Å². The maximum Gasteiger partial charge on any atom is 0.0821 e. The van der Waals surface area contributed by atoms with E-state index in [4.69, 9.17) is 4.74 Å². The molecule has 1 heterocycles. The van der Waals surface area contributed by atoms with Gasteiger partial charge >= 0.3 is 0 Å². The lowest BCUT2D eigenvalue weighted by molar-refractivity contribution is -0.148. The molecule has 16 heavy (non-hydrogen) atoms. The summed E-state index contributed by atoms with van der Waals surface area (Å²) < 4.78 is 5.88. The van der Waals surface area contributed by atoms with Crippen molar-refractivity contribution in [1.29, 1.82) is 0 Å². The number of aliphatic hydroxyl groups excluding tert-OH is 1. The summed E-state index contributed by atoms with van der Waals surface area (Å²) in [7, 11) is 0. The van der Waals surface area contributed by atoms with Crippen LogP contribution in [0.5, 0.6) is 0 Å². The molecule has 0 spiro atoms. The van der Waals surface area contributed by atoms with E-state index in [2.05, 4.69) is 33.4 Å². The Hall–Kier alpha value is -0.600. The second kappa shape index (κ2) is 4.01. The van der Waals surface area contributed by atoms with Gasteiger partial charge in [0.2, 0.25) is 0 Å². The fourth-order valence-corrected chi connectivity index (χ4v) is 3.55. The number of hydrogen-bond donors (Lipinski definition) is 1. The largest absolute Gasteiger partial charge is 0.396 e. The van der Waals surface area contributed by atoms with E-state index in [1.54, 1.807) is 0 Å². The van der Waals surface area contributed by atoms with Gasteiger partial charge in [-0.1, -0.05) is 31.6 Å². The number of aliphatic hydroxyl groups is 1. The average Bonchev–Trinajstić information content (AvgIpc) is 2.26. The fraction of sp³-hybridized carbons (Fsp3) is 0.714. The Morgan fingerprint density at radius 2 is 2.31 bits per heavy atom. The number of hydrogen-bond acceptors (Lipinski definition) is 2. The summed E-state index contributed by atoms with van der Waals surface area (Å²) in [5, 5.41) is 9.74. The van der Waals surface area contributed by atoms with E-state index in [0.29, 0.717) is 24.4 Å². The quantitative estimate of drug-likeness (QED) is 0.727. The molecule has 2 bridgehead atoms. The normalized spacial score (nSPS) is 47.4. The molecule has 0 aromatic rings. The van der Waals surface area contributed by atoms with Crippen LogP contribution >= 0.6 is 0 Å². The lowest BCUT2D eigenvalue weighted by Crippen LogP contribution is -2.55. The molecule has 5 atom stereocenters. The predicted molar refractivity (Wildman–Crippen MR) is 65.0 cm³/mol. The van der Waals surface area contributed by atoms with Gasteiger partial charge in [0.05, 0.1) is 19.3 Å². The van der Waals surface area contributed by atoms with Gasteiger partial charge < -0.3 is 9.84 Å². The van der Waals surface area contributed by atoms with Crippen molar-refractivity contribution in [1.82, 2.24) is 0 Å². The van der Waals surface area contributed by atoms with E-state index in [9.17, 15) is 5.11 Å². The molecule has 2 rings (SSSR count). The van der Waals surface area contributed by atoms with Crippen molar-refractivity contribution >= 4 is 0 Å². The molecule has 1 aliphatic carbocycles. The molecular formula is C14H22O2. The Labute approximate surface area is 98.0 Å². The summed E-state index contributed by atoms with van der Waals surface area (Å²) in [6.45, 7) is 11.3. The van der Waals surface area contributed by atoms with Crippen LogP contribution in [-0.4, -0.2) is 24.4 Å². The second-order valence-electron chi connectivity index (χ2n) is 5.42. The van der Waals surface area contributed by atoms with Gasteiger partial charge in [0.1, 0.15) is 0 Å². The van der Waals surface area contributed by atoms with Crippen molar-refractivity contribution in [3.8, 4) is 0 Å². The molecule has 0 unspecified atom stereocenters. The molecule has 0 radical (unpaired) electrons. The average molecular weight is 222 g/mol. The minimum atomic E-state index is -0.0936. The molecular weight excluding hydrogens is 200 g/mol. The van der Waals surface area contributed by atoms with Crippen molar-refractivity contribution in [3.05, 3.63) is 24.3 Å². The standard InChI is InChI=1S/C14H22O2/c1-5-12-13-9(2)6-10(3)14(7-15,8-16-12)11(13)4/h5-6,10-13,15H,1,7-8H2,2-4H3/t10-,11+,12+,13+,14+/m1/s1. The Morgan fingerprint density at radius 1 is 1.62 bits per heavy atom. The fourth-order valence-electron chi connectivity index (χ4n) is 3.55. The van der Waals surface area contributed by atoms with Gasteiger partial charge in [-0.25, -0.2) is 0 Å². The first-order chi connectivity index (χ1) is 7.56. The lowest BCUT2D eigenvalue weighted by Gasteiger charge is -2.54. The first-order valence-electron chi connectivity index (χ1n) is 6.10. The van der Waals surface area contributed by atoms with Crippen LogP contribution in [-0.2, 0) is 4.74 Å². The van der Waals surface area contributed by atoms with Gasteiger partial charge in [-0.2, -0.15) is 0 Å². The number of allylic oxidation sites excluding steroid dienone is 1. The van der Waals surface area contributed by atoms with Gasteiger partial charge in [-0.15, -0.1) is 6.58 Å². The minimum absolute atomic E-state index is 0.0936. The Bertz CT molecular complexity index is 321. The van der Waals surface area contributed by atoms with Crippen LogP contribution in [0.3, 0.4) is 0 Å². The van der Waals surface area contributed by atoms with Gasteiger partial charge in [-0.3, -0.25) is 0 Å². The molecule has 1 aliphatic heterocycles. The summed E-state index contributed by atoms with van der Waals surface area (Å²) in [5.74, 6) is 1.22. The van der Waals surface area contributed by atoms with E-state index in [1.165, 1.54) is 5.57 Å². The zero-order valence-electron chi connectivity index (χ0n) is 10.4. The zero-order valence-corrected chi connectivity index (χ0v) is 10.4. The van der Waals surface area contributed by atoms with E-state index in [0.717, 1.165) is 0 Å². The van der Waals surface area contributed by atoms with Gasteiger partial charge in [-0.05, 0) is 18.8 Å². The van der Waals surface area contributed by atoms with Crippen LogP contribution in [0.4, 0.5) is 0 Å². The highest BCUT2D eigenvalue weighted by Crippen LogP contribution is 2.52. The van der Waals surface area contributed by atoms with Crippen LogP contribution in [0.2, 0.25) is 0 Å². The topological polar surface area (TPSA) is 29.5 Å². The second-order valence-corrected chi connectivity index (χ2v) is 5.42. The van der Waals surface area contributed by atoms with Crippen LogP contribution in [0.15, 0.2) is 24.3 Å². The zero-order chi connectivity index (χ0) is 11.9. The third-order valence-corrected chi connectivity index (χ3v) is 4.82. The highest BCUT2D eigenvalue weighted by Gasteiger charge is 2.52. The van der Waals surface area contributed by atoms with E-state index in [-0.39, 0.29) is 18.1 Å². The molecule has 90 valence electrons. The van der Waals surface area contributed by atoms with Gasteiger partial charge in [0.15, 0.2) is 0 Å². The Morgan fingerprint density at radius 3 is 2.88 bits per heavy atom. The van der Waals surface area contributed by atoms with Crippen molar-refractivity contribution in [2.24, 2.45) is 23.2 Å². The van der Waals surface area contributed by atoms with Crippen LogP contribution in [0, 0.1) is 23.2 Å². The van der Waals surface area contributed by atoms with Crippen molar-refractivity contribution in [3.63, 3.8) is 0 Å². The molecule has 1 fully saturated rings. The monoisotopic (exact) mass is 222 g/mol. The summed E-state index contributed by atoms with van der Waals surface area (Å²) >= 11 is 0. The van der Waals surface area contributed by atoms with Gasteiger partial charge in [0.25, 0.3) is 0 Å². The maximum absolute atomic E-state index is 9.74. The van der Waals surface area contributed by atoms with Crippen LogP contribution in [0.1, 0.15) is 20.8 Å². The molecule has 2 aliphatic rings. The van der Waals surface area contributed by atoms with Crippen molar-refractivity contribution in [2.45, 2.75) is 26.9 Å². The predicted octanol–water partition coefficient (Wildman–Crippen LogP) is 2.40. The van der Waals surface area contributed by atoms with Crippen LogP contribution < -0.4 is 0 Å². The summed E-state index contributed by atoms with van der Waals surface area (Å²) in [6, 6.07) is 0. The summed E-state index contributed by atoms with van der Waals surface area (Å²) in [6.07, 6.45) is 4.31. The Kier molecular flexibility index (Phi) is 2.97. The number of ether oxygens (including phenoxy) is 1.